The maximum atomic E-state index is 5.22. The van der Waals surface area contributed by atoms with Gasteiger partial charge in [0.1, 0.15) is 5.75 Å². The van der Waals surface area contributed by atoms with E-state index in [1.165, 1.54) is 4.88 Å². The summed E-state index contributed by atoms with van der Waals surface area (Å²) in [5.41, 5.74) is 2.16. The van der Waals surface area contributed by atoms with Crippen molar-refractivity contribution < 1.29 is 4.74 Å². The van der Waals surface area contributed by atoms with Crippen LogP contribution in [0, 0.1) is 13.8 Å². The van der Waals surface area contributed by atoms with Crippen molar-refractivity contribution in [2.24, 2.45) is 0 Å². The second kappa shape index (κ2) is 5.46. The van der Waals surface area contributed by atoms with E-state index in [2.05, 4.69) is 15.3 Å². The van der Waals surface area contributed by atoms with Crippen LogP contribution in [0.1, 0.15) is 27.2 Å². The smallest absolute Gasteiger partial charge is 0.137 e. The summed E-state index contributed by atoms with van der Waals surface area (Å²) in [5.74, 6) is 0.770. The molecule has 0 aliphatic carbocycles. The van der Waals surface area contributed by atoms with Crippen LogP contribution >= 0.6 is 11.3 Å². The number of ether oxygens (including phenoxy) is 1. The molecule has 1 unspecified atom stereocenters. The first-order chi connectivity index (χ1) is 8.65. The van der Waals surface area contributed by atoms with Crippen molar-refractivity contribution in [1.82, 2.24) is 15.3 Å². The first-order valence-electron chi connectivity index (χ1n) is 5.75. The molecule has 0 saturated heterocycles. The van der Waals surface area contributed by atoms with Crippen LogP contribution in [0.3, 0.4) is 0 Å². The van der Waals surface area contributed by atoms with Gasteiger partial charge in [0, 0.05) is 11.1 Å². The Morgan fingerprint density at radius 1 is 1.33 bits per heavy atom. The van der Waals surface area contributed by atoms with Crippen LogP contribution < -0.4 is 10.1 Å². The molecule has 2 aromatic heterocycles. The van der Waals surface area contributed by atoms with Gasteiger partial charge in [0.25, 0.3) is 0 Å². The lowest BCUT2D eigenvalue weighted by Gasteiger charge is -2.16. The van der Waals surface area contributed by atoms with Crippen LogP contribution in [0.4, 0.5) is 0 Å². The fourth-order valence-electron chi connectivity index (χ4n) is 1.97. The molecule has 0 radical (unpaired) electrons. The zero-order chi connectivity index (χ0) is 13.1. The molecule has 0 amide bonds. The van der Waals surface area contributed by atoms with Gasteiger partial charge in [-0.2, -0.15) is 0 Å². The Morgan fingerprint density at radius 3 is 2.67 bits per heavy atom. The molecule has 0 spiro atoms. The largest absolute Gasteiger partial charge is 0.495 e. The van der Waals surface area contributed by atoms with E-state index in [1.807, 2.05) is 33.2 Å². The average Bonchev–Trinajstić information content (AvgIpc) is 2.70. The highest BCUT2D eigenvalue weighted by molar-refractivity contribution is 7.11. The topological polar surface area (TPSA) is 47.0 Å². The highest BCUT2D eigenvalue weighted by Crippen LogP contribution is 2.30. The summed E-state index contributed by atoms with van der Waals surface area (Å²) >= 11 is 1.71. The monoisotopic (exact) mass is 263 g/mol. The summed E-state index contributed by atoms with van der Waals surface area (Å²) < 4.78 is 5.22. The highest BCUT2D eigenvalue weighted by atomic mass is 32.1. The number of aryl methyl sites for hydroxylation is 2. The lowest BCUT2D eigenvalue weighted by atomic mass is 10.1. The Labute approximate surface area is 111 Å². The third-order valence-electron chi connectivity index (χ3n) is 2.79. The number of pyridine rings is 1. The zero-order valence-corrected chi connectivity index (χ0v) is 11.8. The van der Waals surface area contributed by atoms with E-state index >= 15 is 0 Å². The van der Waals surface area contributed by atoms with Crippen LogP contribution in [0.5, 0.6) is 5.75 Å². The van der Waals surface area contributed by atoms with Gasteiger partial charge in [-0.3, -0.25) is 4.98 Å². The van der Waals surface area contributed by atoms with Crippen LogP contribution in [0.15, 0.2) is 18.5 Å². The first-order valence-corrected chi connectivity index (χ1v) is 6.57. The van der Waals surface area contributed by atoms with Gasteiger partial charge in [0.15, 0.2) is 0 Å². The van der Waals surface area contributed by atoms with E-state index in [0.29, 0.717) is 0 Å². The number of hydrogen-bond acceptors (Lipinski definition) is 5. The number of rotatable bonds is 4. The van der Waals surface area contributed by atoms with Gasteiger partial charge in [0.2, 0.25) is 0 Å². The van der Waals surface area contributed by atoms with E-state index in [9.17, 15) is 0 Å². The quantitative estimate of drug-likeness (QED) is 0.920. The minimum atomic E-state index is 0.110. The van der Waals surface area contributed by atoms with Gasteiger partial charge >= 0.3 is 0 Å². The predicted octanol–water partition coefficient (Wildman–Crippen LogP) is 2.47. The van der Waals surface area contributed by atoms with E-state index in [0.717, 1.165) is 22.0 Å². The standard InChI is InChI=1S/C13H17N3OS/c1-8-13(18-9(2)16-8)12(14-3)10-5-11(17-4)7-15-6-10/h5-7,12,14H,1-4H3. The molecule has 18 heavy (non-hydrogen) atoms. The zero-order valence-electron chi connectivity index (χ0n) is 11.0. The molecular weight excluding hydrogens is 246 g/mol. The van der Waals surface area contributed by atoms with Gasteiger partial charge in [-0.05, 0) is 32.5 Å². The fourth-order valence-corrected chi connectivity index (χ4v) is 3.04. The summed E-state index contributed by atoms with van der Waals surface area (Å²) in [5, 5.41) is 4.40. The molecule has 2 rings (SSSR count). The molecule has 0 fully saturated rings. The van der Waals surface area contributed by atoms with Gasteiger partial charge in [-0.15, -0.1) is 11.3 Å². The van der Waals surface area contributed by atoms with Crippen molar-refractivity contribution >= 4 is 11.3 Å². The molecule has 5 heteroatoms. The van der Waals surface area contributed by atoms with Crippen molar-refractivity contribution in [3.05, 3.63) is 39.6 Å². The molecule has 0 aliphatic rings. The maximum Gasteiger partial charge on any atom is 0.137 e. The van der Waals surface area contributed by atoms with E-state index in [4.69, 9.17) is 4.74 Å². The third kappa shape index (κ3) is 2.52. The van der Waals surface area contributed by atoms with Crippen molar-refractivity contribution in [2.45, 2.75) is 19.9 Å². The Balaban J connectivity index is 2.41. The summed E-state index contributed by atoms with van der Waals surface area (Å²) in [6.07, 6.45) is 3.57. The van der Waals surface area contributed by atoms with Gasteiger partial charge < -0.3 is 10.1 Å². The summed E-state index contributed by atoms with van der Waals surface area (Å²) in [4.78, 5) is 9.91. The molecular formula is C13H17N3OS. The summed E-state index contributed by atoms with van der Waals surface area (Å²) in [6.45, 7) is 4.06. The number of thiazole rings is 1. The molecule has 0 saturated carbocycles. The van der Waals surface area contributed by atoms with Gasteiger partial charge in [0.05, 0.1) is 30.1 Å². The Bertz CT molecular complexity index is 539. The highest BCUT2D eigenvalue weighted by Gasteiger charge is 2.18. The fraction of sp³-hybridized carbons (Fsp3) is 0.385. The molecule has 2 aromatic rings. The predicted molar refractivity (Wildman–Crippen MR) is 73.3 cm³/mol. The molecule has 0 aromatic carbocycles. The minimum Gasteiger partial charge on any atom is -0.495 e. The number of methoxy groups -OCH3 is 1. The van der Waals surface area contributed by atoms with E-state index in [1.54, 1.807) is 24.6 Å². The summed E-state index contributed by atoms with van der Waals surface area (Å²) in [6, 6.07) is 2.11. The van der Waals surface area contributed by atoms with Gasteiger partial charge in [-0.1, -0.05) is 0 Å². The lowest BCUT2D eigenvalue weighted by Crippen LogP contribution is -2.17. The molecule has 1 atom stereocenters. The molecule has 1 N–H and O–H groups in total. The second-order valence-electron chi connectivity index (χ2n) is 4.06. The SMILES string of the molecule is CNC(c1cncc(OC)c1)c1sc(C)nc1C. The van der Waals surface area contributed by atoms with Crippen molar-refractivity contribution in [3.8, 4) is 5.75 Å². The van der Waals surface area contributed by atoms with Gasteiger partial charge in [-0.25, -0.2) is 4.98 Å². The second-order valence-corrected chi connectivity index (χ2v) is 5.30. The normalized spacial score (nSPS) is 12.4. The summed E-state index contributed by atoms with van der Waals surface area (Å²) in [7, 11) is 3.59. The Morgan fingerprint density at radius 2 is 2.11 bits per heavy atom. The van der Waals surface area contributed by atoms with Crippen LogP contribution in [0.2, 0.25) is 0 Å². The lowest BCUT2D eigenvalue weighted by molar-refractivity contribution is 0.411. The average molecular weight is 263 g/mol. The van der Waals surface area contributed by atoms with Crippen LogP contribution in [-0.4, -0.2) is 24.1 Å². The number of nitrogens with zero attached hydrogens (tertiary/aromatic N) is 2. The van der Waals surface area contributed by atoms with Crippen LogP contribution in [0.25, 0.3) is 0 Å². The van der Waals surface area contributed by atoms with E-state index < -0.39 is 0 Å². The molecule has 0 aliphatic heterocycles. The number of aromatic nitrogens is 2. The van der Waals surface area contributed by atoms with E-state index in [-0.39, 0.29) is 6.04 Å². The minimum absolute atomic E-state index is 0.110. The van der Waals surface area contributed by atoms with Crippen LogP contribution in [-0.2, 0) is 0 Å². The first kappa shape index (κ1) is 13.0. The van der Waals surface area contributed by atoms with Crippen molar-refractivity contribution in [1.29, 1.82) is 0 Å². The molecule has 2 heterocycles. The van der Waals surface area contributed by atoms with Crippen molar-refractivity contribution in [3.63, 3.8) is 0 Å². The maximum absolute atomic E-state index is 5.22. The third-order valence-corrected chi connectivity index (χ3v) is 3.93. The molecule has 4 nitrogen and oxygen atoms in total. The Kier molecular flexibility index (Phi) is 3.93. The Hall–Kier alpha value is -1.46. The molecule has 0 bridgehead atoms. The molecule has 96 valence electrons. The number of hydrogen-bond donors (Lipinski definition) is 1. The van der Waals surface area contributed by atoms with Crippen molar-refractivity contribution in [2.75, 3.05) is 14.2 Å². The number of nitrogens with one attached hydrogen (secondary N) is 1.